The Balaban J connectivity index is 1.92. The second-order valence-corrected chi connectivity index (χ2v) is 8.36. The Bertz CT molecular complexity index is 569. The Morgan fingerprint density at radius 3 is 2.64 bits per heavy atom. The number of hydrogen-bond acceptors (Lipinski definition) is 4. The van der Waals surface area contributed by atoms with Gasteiger partial charge < -0.3 is 4.74 Å². The summed E-state index contributed by atoms with van der Waals surface area (Å²) in [6.45, 7) is 3.46. The molecule has 0 saturated carbocycles. The fourth-order valence-electron chi connectivity index (χ4n) is 2.86. The van der Waals surface area contributed by atoms with Crippen molar-refractivity contribution >= 4 is 21.6 Å². The summed E-state index contributed by atoms with van der Waals surface area (Å²) in [5.74, 6) is 0.454. The lowest BCUT2D eigenvalue weighted by Crippen LogP contribution is -2.40. The van der Waals surface area contributed by atoms with Gasteiger partial charge in [0.25, 0.3) is 0 Å². The summed E-state index contributed by atoms with van der Waals surface area (Å²) in [4.78, 5) is 4.35. The minimum Gasteiger partial charge on any atom is -0.384 e. The molecule has 0 aromatic carbocycles. The number of halogens is 1. The average Bonchev–Trinajstić information content (AvgIpc) is 2.48. The Kier molecular flexibility index (Phi) is 6.20. The molecule has 0 aliphatic carbocycles. The van der Waals surface area contributed by atoms with Crippen molar-refractivity contribution in [1.29, 1.82) is 0 Å². The summed E-state index contributed by atoms with van der Waals surface area (Å²) in [6, 6.07) is 3.76. The standard InChI is InChI=1S/C15H23ClN2O3S/c1-12(10-21-2)11-22(19,20)18-7-5-13(6-8-18)15-4-3-14(16)9-17-15/h3-4,9,12-13H,5-8,10-11H2,1-2H3. The predicted molar refractivity (Wildman–Crippen MR) is 87.6 cm³/mol. The number of sulfonamides is 1. The third kappa shape index (κ3) is 4.65. The quantitative estimate of drug-likeness (QED) is 0.794. The Hall–Kier alpha value is -0.690. The van der Waals surface area contributed by atoms with Gasteiger partial charge >= 0.3 is 0 Å². The summed E-state index contributed by atoms with van der Waals surface area (Å²) < 4.78 is 31.4. The molecule has 7 heteroatoms. The summed E-state index contributed by atoms with van der Waals surface area (Å²) >= 11 is 5.85. The second kappa shape index (κ2) is 7.73. The molecule has 1 unspecified atom stereocenters. The fourth-order valence-corrected chi connectivity index (χ4v) is 4.76. The molecule has 1 atom stereocenters. The van der Waals surface area contributed by atoms with Crippen LogP contribution in [0.4, 0.5) is 0 Å². The van der Waals surface area contributed by atoms with Gasteiger partial charge in [0.15, 0.2) is 0 Å². The van der Waals surface area contributed by atoms with Gasteiger partial charge in [0.2, 0.25) is 10.0 Å². The van der Waals surface area contributed by atoms with Crippen LogP contribution in [0.1, 0.15) is 31.4 Å². The molecular formula is C15H23ClN2O3S. The van der Waals surface area contributed by atoms with E-state index in [-0.39, 0.29) is 11.7 Å². The van der Waals surface area contributed by atoms with Crippen molar-refractivity contribution in [1.82, 2.24) is 9.29 Å². The zero-order chi connectivity index (χ0) is 16.2. The minimum absolute atomic E-state index is 0.00524. The molecule has 0 amide bonds. The number of methoxy groups -OCH3 is 1. The van der Waals surface area contributed by atoms with E-state index < -0.39 is 10.0 Å². The third-order valence-electron chi connectivity index (χ3n) is 3.96. The highest BCUT2D eigenvalue weighted by atomic mass is 35.5. The van der Waals surface area contributed by atoms with Crippen LogP contribution < -0.4 is 0 Å². The Morgan fingerprint density at radius 2 is 2.09 bits per heavy atom. The number of aromatic nitrogens is 1. The summed E-state index contributed by atoms with van der Waals surface area (Å²) in [5.41, 5.74) is 0.995. The van der Waals surface area contributed by atoms with Crippen molar-refractivity contribution in [2.75, 3.05) is 32.6 Å². The summed E-state index contributed by atoms with van der Waals surface area (Å²) in [6.07, 6.45) is 3.24. The van der Waals surface area contributed by atoms with E-state index in [1.807, 2.05) is 19.1 Å². The number of piperidine rings is 1. The summed E-state index contributed by atoms with van der Waals surface area (Å²) in [5, 5.41) is 0.621. The van der Waals surface area contributed by atoms with Gasteiger partial charge in [-0.3, -0.25) is 4.98 Å². The number of hydrogen-bond donors (Lipinski definition) is 0. The lowest BCUT2D eigenvalue weighted by Gasteiger charge is -2.31. The normalized spacial score (nSPS) is 19.2. The van der Waals surface area contributed by atoms with Crippen LogP contribution >= 0.6 is 11.6 Å². The van der Waals surface area contributed by atoms with Crippen LogP contribution in [0.2, 0.25) is 5.02 Å². The molecule has 1 aliphatic heterocycles. The van der Waals surface area contributed by atoms with Gasteiger partial charge in [-0.2, -0.15) is 0 Å². The van der Waals surface area contributed by atoms with Gasteiger partial charge in [0.05, 0.1) is 10.8 Å². The number of rotatable bonds is 6. The molecule has 1 aromatic rings. The Morgan fingerprint density at radius 1 is 1.41 bits per heavy atom. The first kappa shape index (κ1) is 17.7. The zero-order valence-corrected chi connectivity index (χ0v) is 14.6. The van der Waals surface area contributed by atoms with Crippen molar-refractivity contribution in [2.45, 2.75) is 25.7 Å². The molecule has 124 valence electrons. The first-order chi connectivity index (χ1) is 10.4. The Labute approximate surface area is 137 Å². The second-order valence-electron chi connectivity index (χ2n) is 5.91. The summed E-state index contributed by atoms with van der Waals surface area (Å²) in [7, 11) is -1.61. The van der Waals surface area contributed by atoms with Crippen molar-refractivity contribution in [3.63, 3.8) is 0 Å². The van der Waals surface area contributed by atoms with Crippen molar-refractivity contribution < 1.29 is 13.2 Å². The molecular weight excluding hydrogens is 324 g/mol. The van der Waals surface area contributed by atoms with Crippen molar-refractivity contribution in [3.05, 3.63) is 29.0 Å². The fraction of sp³-hybridized carbons (Fsp3) is 0.667. The smallest absolute Gasteiger partial charge is 0.214 e. The van der Waals surface area contributed by atoms with Gasteiger partial charge in [-0.1, -0.05) is 18.5 Å². The molecule has 0 spiro atoms. The van der Waals surface area contributed by atoms with E-state index in [2.05, 4.69) is 4.98 Å². The number of pyridine rings is 1. The van der Waals surface area contributed by atoms with Gasteiger partial charge in [-0.15, -0.1) is 0 Å². The maximum absolute atomic E-state index is 12.4. The molecule has 0 radical (unpaired) electrons. The molecule has 1 fully saturated rings. The highest BCUT2D eigenvalue weighted by Crippen LogP contribution is 2.28. The van der Waals surface area contributed by atoms with Gasteiger partial charge in [-0.25, -0.2) is 12.7 Å². The maximum Gasteiger partial charge on any atom is 0.214 e. The predicted octanol–water partition coefficient (Wildman–Crippen LogP) is 2.53. The van der Waals surface area contributed by atoms with Crippen LogP contribution in [0.3, 0.4) is 0 Å². The zero-order valence-electron chi connectivity index (χ0n) is 13.0. The lowest BCUT2D eigenvalue weighted by atomic mass is 9.94. The van der Waals surface area contributed by atoms with E-state index in [9.17, 15) is 8.42 Å². The van der Waals surface area contributed by atoms with Crippen molar-refractivity contribution in [3.8, 4) is 0 Å². The van der Waals surface area contributed by atoms with E-state index >= 15 is 0 Å². The molecule has 0 bridgehead atoms. The van der Waals surface area contributed by atoms with Gasteiger partial charge in [0, 0.05) is 44.6 Å². The highest BCUT2D eigenvalue weighted by molar-refractivity contribution is 7.89. The molecule has 5 nitrogen and oxygen atoms in total. The first-order valence-electron chi connectivity index (χ1n) is 7.50. The lowest BCUT2D eigenvalue weighted by molar-refractivity contribution is 0.166. The number of nitrogens with zero attached hydrogens (tertiary/aromatic N) is 2. The van der Waals surface area contributed by atoms with Gasteiger partial charge in [0.1, 0.15) is 0 Å². The van der Waals surface area contributed by atoms with E-state index in [4.69, 9.17) is 16.3 Å². The van der Waals surface area contributed by atoms with Crippen LogP contribution in [-0.2, 0) is 14.8 Å². The van der Waals surface area contributed by atoms with Crippen LogP contribution in [0, 0.1) is 5.92 Å². The molecule has 1 aromatic heterocycles. The molecule has 1 aliphatic rings. The first-order valence-corrected chi connectivity index (χ1v) is 9.49. The monoisotopic (exact) mass is 346 g/mol. The van der Waals surface area contributed by atoms with E-state index in [1.54, 1.807) is 17.6 Å². The molecule has 22 heavy (non-hydrogen) atoms. The largest absolute Gasteiger partial charge is 0.384 e. The van der Waals surface area contributed by atoms with Crippen molar-refractivity contribution in [2.24, 2.45) is 5.92 Å². The van der Waals surface area contributed by atoms with Gasteiger partial charge in [-0.05, 0) is 30.9 Å². The van der Waals surface area contributed by atoms with E-state index in [0.29, 0.717) is 30.6 Å². The average molecular weight is 347 g/mol. The molecule has 2 rings (SSSR count). The maximum atomic E-state index is 12.4. The molecule has 0 N–H and O–H groups in total. The molecule has 2 heterocycles. The molecule has 1 saturated heterocycles. The van der Waals surface area contributed by atoms with Crippen LogP contribution in [0.25, 0.3) is 0 Å². The minimum atomic E-state index is -3.21. The van der Waals surface area contributed by atoms with Crippen LogP contribution in [0.15, 0.2) is 18.3 Å². The van der Waals surface area contributed by atoms with E-state index in [1.165, 1.54) is 0 Å². The highest BCUT2D eigenvalue weighted by Gasteiger charge is 2.30. The van der Waals surface area contributed by atoms with E-state index in [0.717, 1.165) is 18.5 Å². The number of ether oxygens (including phenoxy) is 1. The topological polar surface area (TPSA) is 59.5 Å². The van der Waals surface area contributed by atoms with Crippen LogP contribution in [0.5, 0.6) is 0 Å². The SMILES string of the molecule is COCC(C)CS(=O)(=O)N1CCC(c2ccc(Cl)cn2)CC1. The van der Waals surface area contributed by atoms with Crippen LogP contribution in [-0.4, -0.2) is 50.3 Å². The third-order valence-corrected chi connectivity index (χ3v) is 6.33.